The Kier molecular flexibility index (Phi) is 2.53. The number of H-pyrrole nitrogens is 1. The largest absolute Gasteiger partial charge is 0.381 e. The first-order chi connectivity index (χ1) is 8.83. The molecule has 3 aromatic rings. The predicted octanol–water partition coefficient (Wildman–Crippen LogP) is 1.55. The summed E-state index contributed by atoms with van der Waals surface area (Å²) in [5, 5.41) is 9.78. The molecule has 0 unspecified atom stereocenters. The lowest BCUT2D eigenvalue weighted by Crippen LogP contribution is -2.06. The minimum Gasteiger partial charge on any atom is -0.381 e. The van der Waals surface area contributed by atoms with Crippen molar-refractivity contribution in [1.82, 2.24) is 20.2 Å². The first-order valence-corrected chi connectivity index (χ1v) is 5.57. The summed E-state index contributed by atoms with van der Waals surface area (Å²) in [4.78, 5) is 8.75. The zero-order valence-corrected chi connectivity index (χ0v) is 9.59. The SMILES string of the molecule is Nc1nc2ccccc2nc1NCc1cn[nH]c1. The molecule has 0 aliphatic heterocycles. The molecule has 0 bridgehead atoms. The van der Waals surface area contributed by atoms with Crippen molar-refractivity contribution in [3.05, 3.63) is 42.2 Å². The van der Waals surface area contributed by atoms with E-state index in [4.69, 9.17) is 5.73 Å². The van der Waals surface area contributed by atoms with E-state index >= 15 is 0 Å². The molecule has 6 heteroatoms. The van der Waals surface area contributed by atoms with Crippen molar-refractivity contribution in [2.45, 2.75) is 6.54 Å². The van der Waals surface area contributed by atoms with Crippen LogP contribution in [-0.2, 0) is 6.54 Å². The number of anilines is 2. The number of nitrogen functional groups attached to an aromatic ring is 1. The van der Waals surface area contributed by atoms with Crippen molar-refractivity contribution in [1.29, 1.82) is 0 Å². The summed E-state index contributed by atoms with van der Waals surface area (Å²) in [7, 11) is 0. The van der Waals surface area contributed by atoms with Gasteiger partial charge < -0.3 is 11.1 Å². The van der Waals surface area contributed by atoms with Gasteiger partial charge >= 0.3 is 0 Å². The number of benzene rings is 1. The number of aromatic nitrogens is 4. The molecule has 0 fully saturated rings. The van der Waals surface area contributed by atoms with Gasteiger partial charge in [-0.1, -0.05) is 12.1 Å². The van der Waals surface area contributed by atoms with E-state index in [1.807, 2.05) is 30.5 Å². The lowest BCUT2D eigenvalue weighted by atomic mass is 10.3. The smallest absolute Gasteiger partial charge is 0.169 e. The maximum atomic E-state index is 5.87. The van der Waals surface area contributed by atoms with Crippen molar-refractivity contribution in [3.63, 3.8) is 0 Å². The molecule has 0 aliphatic carbocycles. The number of rotatable bonds is 3. The molecular weight excluding hydrogens is 228 g/mol. The van der Waals surface area contributed by atoms with Crippen molar-refractivity contribution in [2.24, 2.45) is 0 Å². The van der Waals surface area contributed by atoms with Crippen LogP contribution in [0.15, 0.2) is 36.7 Å². The molecular formula is C12H12N6. The molecule has 0 amide bonds. The van der Waals surface area contributed by atoms with Gasteiger partial charge in [-0.3, -0.25) is 5.10 Å². The van der Waals surface area contributed by atoms with Crippen LogP contribution >= 0.6 is 0 Å². The van der Waals surface area contributed by atoms with E-state index in [-0.39, 0.29) is 0 Å². The Morgan fingerprint density at radius 1 is 1.17 bits per heavy atom. The van der Waals surface area contributed by atoms with E-state index in [0.717, 1.165) is 16.6 Å². The van der Waals surface area contributed by atoms with Gasteiger partial charge in [0.1, 0.15) is 0 Å². The molecule has 1 aromatic carbocycles. The Morgan fingerprint density at radius 2 is 1.94 bits per heavy atom. The number of nitrogens with two attached hydrogens (primary N) is 1. The molecule has 6 nitrogen and oxygen atoms in total. The Bertz CT molecular complexity index is 661. The van der Waals surface area contributed by atoms with Gasteiger partial charge in [0.05, 0.1) is 17.2 Å². The zero-order chi connectivity index (χ0) is 12.4. The maximum absolute atomic E-state index is 5.87. The van der Waals surface area contributed by atoms with Gasteiger partial charge in [0.25, 0.3) is 0 Å². The number of aromatic amines is 1. The number of hydrogen-bond acceptors (Lipinski definition) is 5. The standard InChI is InChI=1S/C12H12N6/c13-11-12(14-5-8-6-15-16-7-8)18-10-4-2-1-3-9(10)17-11/h1-4,6-7H,5H2,(H2,13,17)(H,14,18)(H,15,16). The first kappa shape index (κ1) is 10.5. The van der Waals surface area contributed by atoms with Crippen LogP contribution in [0.2, 0.25) is 0 Å². The second kappa shape index (κ2) is 4.33. The predicted molar refractivity (Wildman–Crippen MR) is 69.9 cm³/mol. The fourth-order valence-electron chi connectivity index (χ4n) is 1.70. The average Bonchev–Trinajstić information content (AvgIpc) is 2.89. The van der Waals surface area contributed by atoms with Crippen LogP contribution in [0.25, 0.3) is 11.0 Å². The summed E-state index contributed by atoms with van der Waals surface area (Å²) in [6.45, 7) is 0.605. The lowest BCUT2D eigenvalue weighted by Gasteiger charge is -2.07. The van der Waals surface area contributed by atoms with E-state index in [1.54, 1.807) is 6.20 Å². The molecule has 0 saturated heterocycles. The van der Waals surface area contributed by atoms with Crippen LogP contribution in [0.1, 0.15) is 5.56 Å². The summed E-state index contributed by atoms with van der Waals surface area (Å²) < 4.78 is 0. The summed E-state index contributed by atoms with van der Waals surface area (Å²) >= 11 is 0. The van der Waals surface area contributed by atoms with E-state index < -0.39 is 0 Å². The number of fused-ring (bicyclic) bond motifs is 1. The van der Waals surface area contributed by atoms with E-state index in [2.05, 4.69) is 25.5 Å². The molecule has 3 rings (SSSR count). The highest BCUT2D eigenvalue weighted by molar-refractivity contribution is 5.79. The van der Waals surface area contributed by atoms with Crippen molar-refractivity contribution in [2.75, 3.05) is 11.1 Å². The van der Waals surface area contributed by atoms with Gasteiger partial charge in [-0.15, -0.1) is 0 Å². The molecule has 0 atom stereocenters. The summed E-state index contributed by atoms with van der Waals surface area (Å²) in [5.41, 5.74) is 8.51. The normalized spacial score (nSPS) is 10.7. The zero-order valence-electron chi connectivity index (χ0n) is 9.59. The van der Waals surface area contributed by atoms with Gasteiger partial charge in [0.15, 0.2) is 11.6 Å². The number of hydrogen-bond donors (Lipinski definition) is 3. The summed E-state index contributed by atoms with van der Waals surface area (Å²) in [6, 6.07) is 7.63. The maximum Gasteiger partial charge on any atom is 0.169 e. The minimum absolute atomic E-state index is 0.400. The first-order valence-electron chi connectivity index (χ1n) is 5.57. The van der Waals surface area contributed by atoms with Crippen LogP contribution in [-0.4, -0.2) is 20.2 Å². The molecule has 90 valence electrons. The molecule has 2 heterocycles. The van der Waals surface area contributed by atoms with Crippen LogP contribution in [0.3, 0.4) is 0 Å². The molecule has 0 saturated carbocycles. The summed E-state index contributed by atoms with van der Waals surface area (Å²) in [6.07, 6.45) is 3.56. The number of nitrogens with zero attached hydrogens (tertiary/aromatic N) is 3. The molecule has 0 spiro atoms. The van der Waals surface area contributed by atoms with Crippen molar-refractivity contribution in [3.8, 4) is 0 Å². The van der Waals surface area contributed by atoms with Crippen LogP contribution < -0.4 is 11.1 Å². The topological polar surface area (TPSA) is 92.5 Å². The highest BCUT2D eigenvalue weighted by Crippen LogP contribution is 2.18. The van der Waals surface area contributed by atoms with Gasteiger partial charge in [-0.05, 0) is 12.1 Å². The number of nitrogens with one attached hydrogen (secondary N) is 2. The average molecular weight is 240 g/mol. The molecule has 2 aromatic heterocycles. The molecule has 18 heavy (non-hydrogen) atoms. The van der Waals surface area contributed by atoms with Crippen LogP contribution in [0.5, 0.6) is 0 Å². The molecule has 0 aliphatic rings. The third-order valence-corrected chi connectivity index (χ3v) is 2.61. The van der Waals surface area contributed by atoms with Gasteiger partial charge in [-0.2, -0.15) is 5.10 Å². The van der Waals surface area contributed by atoms with Gasteiger partial charge in [0, 0.05) is 18.3 Å². The Balaban J connectivity index is 1.89. The van der Waals surface area contributed by atoms with Gasteiger partial charge in [-0.25, -0.2) is 9.97 Å². The second-order valence-electron chi connectivity index (χ2n) is 3.91. The van der Waals surface area contributed by atoms with Crippen molar-refractivity contribution >= 4 is 22.7 Å². The lowest BCUT2D eigenvalue weighted by molar-refractivity contribution is 1.09. The fraction of sp³-hybridized carbons (Fsp3) is 0.0833. The highest BCUT2D eigenvalue weighted by atomic mass is 15.1. The van der Waals surface area contributed by atoms with Crippen molar-refractivity contribution < 1.29 is 0 Å². The molecule has 4 N–H and O–H groups in total. The Labute approximate surface area is 103 Å². The highest BCUT2D eigenvalue weighted by Gasteiger charge is 2.05. The second-order valence-corrected chi connectivity index (χ2v) is 3.91. The Hall–Kier alpha value is -2.63. The van der Waals surface area contributed by atoms with Crippen LogP contribution in [0, 0.1) is 0 Å². The van der Waals surface area contributed by atoms with E-state index in [1.165, 1.54) is 0 Å². The quantitative estimate of drug-likeness (QED) is 0.646. The monoisotopic (exact) mass is 240 g/mol. The third-order valence-electron chi connectivity index (χ3n) is 2.61. The van der Waals surface area contributed by atoms with E-state index in [0.29, 0.717) is 18.2 Å². The fourth-order valence-corrected chi connectivity index (χ4v) is 1.70. The number of para-hydroxylation sites is 2. The van der Waals surface area contributed by atoms with Gasteiger partial charge in [0.2, 0.25) is 0 Å². The van der Waals surface area contributed by atoms with Crippen LogP contribution in [0.4, 0.5) is 11.6 Å². The van der Waals surface area contributed by atoms with E-state index in [9.17, 15) is 0 Å². The minimum atomic E-state index is 0.400. The summed E-state index contributed by atoms with van der Waals surface area (Å²) in [5.74, 6) is 0.993. The third kappa shape index (κ3) is 1.95. The molecule has 0 radical (unpaired) electrons. The Morgan fingerprint density at radius 3 is 2.67 bits per heavy atom.